The minimum Gasteiger partial charge on any atom is -0.342 e. The van der Waals surface area contributed by atoms with Crippen LogP contribution in [0.2, 0.25) is 0 Å². The molecule has 25 heavy (non-hydrogen) atoms. The summed E-state index contributed by atoms with van der Waals surface area (Å²) in [4.78, 5) is 17.7. The lowest BCUT2D eigenvalue weighted by atomic mass is 9.84. The van der Waals surface area contributed by atoms with Gasteiger partial charge >= 0.3 is 0 Å². The van der Waals surface area contributed by atoms with Gasteiger partial charge in [0.25, 0.3) is 0 Å². The molecular weight excluding hydrogens is 357 g/mol. The van der Waals surface area contributed by atoms with Gasteiger partial charge in [0.1, 0.15) is 0 Å². The Hall–Kier alpha value is -0.0300. The Bertz CT molecular complexity index is 410. The lowest BCUT2D eigenvalue weighted by molar-refractivity contribution is -0.138. The van der Waals surface area contributed by atoms with Crippen LogP contribution in [-0.4, -0.2) is 54.0 Å². The second kappa shape index (κ2) is 11.0. The number of nitrogens with two attached hydrogens (primary N) is 1. The van der Waals surface area contributed by atoms with Gasteiger partial charge in [-0.05, 0) is 64.3 Å². The first-order valence-electron chi connectivity index (χ1n) is 9.92. The van der Waals surface area contributed by atoms with Crippen molar-refractivity contribution in [3.05, 3.63) is 0 Å². The fourth-order valence-corrected chi connectivity index (χ4v) is 4.88. The van der Waals surface area contributed by atoms with Crippen LogP contribution in [-0.2, 0) is 4.79 Å². The Balaban J connectivity index is 0.00000156. The first-order chi connectivity index (χ1) is 11.1. The molecule has 0 aromatic heterocycles. The second-order valence-electron chi connectivity index (χ2n) is 8.26. The van der Waals surface area contributed by atoms with Crippen molar-refractivity contribution in [3.8, 4) is 0 Å². The third kappa shape index (κ3) is 6.27. The highest BCUT2D eigenvalue weighted by atomic mass is 35.5. The SMILES string of the molecule is CC1CCCCN1CC1CCCN(C(=O)C2CCCC(N)C2)C1.Cl.Cl. The molecule has 3 rings (SSSR count). The van der Waals surface area contributed by atoms with E-state index in [1.54, 1.807) is 0 Å². The van der Waals surface area contributed by atoms with E-state index in [2.05, 4.69) is 16.7 Å². The molecule has 148 valence electrons. The third-order valence-electron chi connectivity index (χ3n) is 6.33. The maximum absolute atomic E-state index is 12.9. The first-order valence-corrected chi connectivity index (χ1v) is 9.92. The van der Waals surface area contributed by atoms with Crippen LogP contribution in [0.3, 0.4) is 0 Å². The van der Waals surface area contributed by atoms with Crippen LogP contribution in [0.25, 0.3) is 0 Å². The minimum atomic E-state index is 0. The molecule has 1 saturated carbocycles. The Morgan fingerprint density at radius 2 is 1.80 bits per heavy atom. The average Bonchev–Trinajstić information content (AvgIpc) is 2.56. The van der Waals surface area contributed by atoms with Crippen molar-refractivity contribution in [2.45, 2.75) is 76.8 Å². The first kappa shape index (κ1) is 23.0. The predicted octanol–water partition coefficient (Wildman–Crippen LogP) is 3.46. The monoisotopic (exact) mass is 393 g/mol. The fraction of sp³-hybridized carbons (Fsp3) is 0.947. The topological polar surface area (TPSA) is 49.6 Å². The molecule has 2 heterocycles. The number of rotatable bonds is 3. The van der Waals surface area contributed by atoms with Crippen molar-refractivity contribution in [1.29, 1.82) is 0 Å². The van der Waals surface area contributed by atoms with E-state index < -0.39 is 0 Å². The fourth-order valence-electron chi connectivity index (χ4n) is 4.88. The highest BCUT2D eigenvalue weighted by Crippen LogP contribution is 2.28. The molecule has 2 aliphatic heterocycles. The summed E-state index contributed by atoms with van der Waals surface area (Å²) in [5.41, 5.74) is 6.08. The van der Waals surface area contributed by atoms with Crippen molar-refractivity contribution in [2.24, 2.45) is 17.6 Å². The number of carbonyl (C=O) groups is 1. The summed E-state index contributed by atoms with van der Waals surface area (Å²) < 4.78 is 0. The van der Waals surface area contributed by atoms with E-state index in [0.29, 0.717) is 11.8 Å². The number of hydrogen-bond acceptors (Lipinski definition) is 3. The molecule has 0 bridgehead atoms. The molecule has 6 heteroatoms. The molecule has 1 amide bonds. The molecule has 2 saturated heterocycles. The van der Waals surface area contributed by atoms with Crippen molar-refractivity contribution >= 4 is 30.7 Å². The number of piperidine rings is 2. The van der Waals surface area contributed by atoms with Crippen LogP contribution in [0.15, 0.2) is 0 Å². The smallest absolute Gasteiger partial charge is 0.225 e. The number of nitrogens with zero attached hydrogens (tertiary/aromatic N) is 2. The van der Waals surface area contributed by atoms with Crippen LogP contribution in [0.4, 0.5) is 0 Å². The van der Waals surface area contributed by atoms with Crippen molar-refractivity contribution in [1.82, 2.24) is 9.80 Å². The predicted molar refractivity (Wildman–Crippen MR) is 109 cm³/mol. The maximum Gasteiger partial charge on any atom is 0.225 e. The summed E-state index contributed by atoms with van der Waals surface area (Å²) in [6.45, 7) is 6.76. The highest BCUT2D eigenvalue weighted by molar-refractivity contribution is 5.85. The number of hydrogen-bond donors (Lipinski definition) is 1. The molecule has 4 nitrogen and oxygen atoms in total. The molecule has 0 spiro atoms. The van der Waals surface area contributed by atoms with E-state index in [4.69, 9.17) is 5.73 Å². The van der Waals surface area contributed by atoms with Gasteiger partial charge in [0.2, 0.25) is 5.91 Å². The molecule has 4 atom stereocenters. The van der Waals surface area contributed by atoms with Gasteiger partial charge in [-0.25, -0.2) is 0 Å². The Kier molecular flexibility index (Phi) is 10.1. The van der Waals surface area contributed by atoms with Gasteiger partial charge < -0.3 is 15.5 Å². The molecule has 4 unspecified atom stereocenters. The molecule has 3 fully saturated rings. The number of halogens is 2. The maximum atomic E-state index is 12.9. The number of likely N-dealkylation sites (tertiary alicyclic amines) is 2. The molecule has 1 aliphatic carbocycles. The highest BCUT2D eigenvalue weighted by Gasteiger charge is 2.32. The lowest BCUT2D eigenvalue weighted by Gasteiger charge is -2.41. The van der Waals surface area contributed by atoms with E-state index in [-0.39, 0.29) is 36.8 Å². The summed E-state index contributed by atoms with van der Waals surface area (Å²) in [5.74, 6) is 1.27. The lowest BCUT2D eigenvalue weighted by Crippen LogP contribution is -2.49. The van der Waals surface area contributed by atoms with E-state index >= 15 is 0 Å². The summed E-state index contributed by atoms with van der Waals surface area (Å²) in [7, 11) is 0. The van der Waals surface area contributed by atoms with Crippen LogP contribution in [0.5, 0.6) is 0 Å². The van der Waals surface area contributed by atoms with Gasteiger partial charge in [0.15, 0.2) is 0 Å². The normalized spacial score (nSPS) is 33.9. The summed E-state index contributed by atoms with van der Waals surface area (Å²) in [6, 6.07) is 0.971. The third-order valence-corrected chi connectivity index (χ3v) is 6.33. The molecule has 0 radical (unpaired) electrons. The van der Waals surface area contributed by atoms with Gasteiger partial charge in [-0.15, -0.1) is 24.8 Å². The Morgan fingerprint density at radius 3 is 2.52 bits per heavy atom. The number of amides is 1. The zero-order valence-corrected chi connectivity index (χ0v) is 17.3. The van der Waals surface area contributed by atoms with Crippen molar-refractivity contribution < 1.29 is 4.79 Å². The van der Waals surface area contributed by atoms with Crippen LogP contribution in [0.1, 0.15) is 64.7 Å². The number of carbonyl (C=O) groups excluding carboxylic acids is 1. The molecule has 0 aromatic carbocycles. The molecule has 0 aromatic rings. The summed E-state index contributed by atoms with van der Waals surface area (Å²) in [6.07, 6.45) is 10.7. The van der Waals surface area contributed by atoms with Gasteiger partial charge in [0.05, 0.1) is 0 Å². The standard InChI is InChI=1S/C19H35N3O.2ClH/c1-15-6-2-3-10-21(15)13-16-7-5-11-22(14-16)19(23)17-8-4-9-18(20)12-17;;/h15-18H,2-14,20H2,1H3;2*1H. The largest absolute Gasteiger partial charge is 0.342 e. The van der Waals surface area contributed by atoms with Crippen LogP contribution in [0, 0.1) is 11.8 Å². The van der Waals surface area contributed by atoms with Gasteiger partial charge in [-0.2, -0.15) is 0 Å². The zero-order valence-electron chi connectivity index (χ0n) is 15.7. The zero-order chi connectivity index (χ0) is 16.2. The van der Waals surface area contributed by atoms with Gasteiger partial charge in [-0.1, -0.05) is 12.8 Å². The van der Waals surface area contributed by atoms with Crippen LogP contribution < -0.4 is 5.73 Å². The van der Waals surface area contributed by atoms with E-state index in [0.717, 1.165) is 44.8 Å². The summed E-state index contributed by atoms with van der Waals surface area (Å²) >= 11 is 0. The van der Waals surface area contributed by atoms with E-state index in [1.807, 2.05) is 0 Å². The van der Waals surface area contributed by atoms with Crippen molar-refractivity contribution in [2.75, 3.05) is 26.2 Å². The molecular formula is C19H37Cl2N3O. The minimum absolute atomic E-state index is 0. The van der Waals surface area contributed by atoms with Crippen molar-refractivity contribution in [3.63, 3.8) is 0 Å². The quantitative estimate of drug-likeness (QED) is 0.798. The molecule has 3 aliphatic rings. The van der Waals surface area contributed by atoms with Gasteiger partial charge in [-0.3, -0.25) is 4.79 Å². The van der Waals surface area contributed by atoms with Crippen LogP contribution >= 0.6 is 24.8 Å². The second-order valence-corrected chi connectivity index (χ2v) is 8.26. The van der Waals surface area contributed by atoms with E-state index in [9.17, 15) is 4.79 Å². The summed E-state index contributed by atoms with van der Waals surface area (Å²) in [5, 5.41) is 0. The average molecular weight is 394 g/mol. The Labute approximate surface area is 166 Å². The van der Waals surface area contributed by atoms with E-state index in [1.165, 1.54) is 45.2 Å². The molecule has 2 N–H and O–H groups in total. The Morgan fingerprint density at radius 1 is 1.00 bits per heavy atom. The van der Waals surface area contributed by atoms with Gasteiger partial charge in [0, 0.05) is 37.6 Å².